The molecule has 5 nitrogen and oxygen atoms in total. The molecule has 0 atom stereocenters. The zero-order valence-corrected chi connectivity index (χ0v) is 12.9. The van der Waals surface area contributed by atoms with Crippen LogP contribution in [0.2, 0.25) is 0 Å². The normalized spacial score (nSPS) is 11.9. The molecule has 0 aliphatic heterocycles. The van der Waals surface area contributed by atoms with Crippen LogP contribution in [0.4, 0.5) is 14.5 Å². The molecule has 9 heteroatoms. The van der Waals surface area contributed by atoms with E-state index in [0.717, 1.165) is 0 Å². The number of benzene rings is 1. The van der Waals surface area contributed by atoms with Gasteiger partial charge in [0.25, 0.3) is 15.8 Å². The van der Waals surface area contributed by atoms with Crippen molar-refractivity contribution in [1.82, 2.24) is 10.2 Å². The first-order valence-electron chi connectivity index (χ1n) is 5.89. The Morgan fingerprint density at radius 2 is 1.86 bits per heavy atom. The van der Waals surface area contributed by atoms with Crippen molar-refractivity contribution in [2.45, 2.75) is 29.4 Å². The maximum absolute atomic E-state index is 12.3. The third-order valence-electron chi connectivity index (χ3n) is 2.66. The number of aromatic amines is 1. The van der Waals surface area contributed by atoms with Crippen molar-refractivity contribution in [1.29, 1.82) is 0 Å². The number of thioether (sulfide) groups is 1. The van der Waals surface area contributed by atoms with Crippen molar-refractivity contribution in [3.05, 3.63) is 35.7 Å². The second-order valence-electron chi connectivity index (χ2n) is 4.27. The Kier molecular flexibility index (Phi) is 4.52. The molecule has 21 heavy (non-hydrogen) atoms. The summed E-state index contributed by atoms with van der Waals surface area (Å²) in [5.41, 5.74) is 1.10. The average molecular weight is 333 g/mol. The van der Waals surface area contributed by atoms with Gasteiger partial charge >= 0.3 is 0 Å². The first-order valence-corrected chi connectivity index (χ1v) is 8.25. The van der Waals surface area contributed by atoms with Gasteiger partial charge in [0, 0.05) is 10.6 Å². The highest BCUT2D eigenvalue weighted by molar-refractivity contribution is 7.99. The van der Waals surface area contributed by atoms with Crippen molar-refractivity contribution >= 4 is 27.5 Å². The van der Waals surface area contributed by atoms with Gasteiger partial charge in [0.15, 0.2) is 0 Å². The molecule has 0 saturated heterocycles. The maximum Gasteiger partial charge on any atom is 0.288 e. The molecule has 1 heterocycles. The monoisotopic (exact) mass is 333 g/mol. The van der Waals surface area contributed by atoms with Crippen molar-refractivity contribution < 1.29 is 17.2 Å². The summed E-state index contributed by atoms with van der Waals surface area (Å²) in [7, 11) is -3.77. The summed E-state index contributed by atoms with van der Waals surface area (Å²) in [6, 6.07) is 5.74. The van der Waals surface area contributed by atoms with E-state index in [1.807, 2.05) is 0 Å². The highest BCUT2D eigenvalue weighted by atomic mass is 32.2. The van der Waals surface area contributed by atoms with Gasteiger partial charge in [-0.3, -0.25) is 9.82 Å². The summed E-state index contributed by atoms with van der Waals surface area (Å²) in [6.07, 6.45) is 0. The van der Waals surface area contributed by atoms with Crippen LogP contribution in [0.3, 0.4) is 0 Å². The minimum atomic E-state index is -3.77. The van der Waals surface area contributed by atoms with Gasteiger partial charge in [0.05, 0.1) is 11.4 Å². The first kappa shape index (κ1) is 15.8. The second kappa shape index (κ2) is 6.02. The lowest BCUT2D eigenvalue weighted by Gasteiger charge is -2.09. The van der Waals surface area contributed by atoms with E-state index in [-0.39, 0.29) is 4.90 Å². The van der Waals surface area contributed by atoms with Crippen molar-refractivity contribution in [2.75, 3.05) is 4.72 Å². The van der Waals surface area contributed by atoms with Crippen LogP contribution in [0, 0.1) is 13.8 Å². The quantitative estimate of drug-likeness (QED) is 0.824. The molecule has 0 spiro atoms. The minimum Gasteiger partial charge on any atom is -0.281 e. The number of nitrogens with zero attached hydrogens (tertiary/aromatic N) is 1. The highest BCUT2D eigenvalue weighted by Gasteiger charge is 2.22. The molecule has 0 aliphatic carbocycles. The van der Waals surface area contributed by atoms with Gasteiger partial charge < -0.3 is 0 Å². The van der Waals surface area contributed by atoms with Gasteiger partial charge in [0.2, 0.25) is 0 Å². The second-order valence-corrected chi connectivity index (χ2v) is 6.95. The fraction of sp³-hybridized carbons (Fsp3) is 0.250. The molecule has 1 aromatic carbocycles. The summed E-state index contributed by atoms with van der Waals surface area (Å²) in [5, 5.41) is 6.44. The van der Waals surface area contributed by atoms with Crippen LogP contribution in [0.1, 0.15) is 11.4 Å². The molecule has 2 rings (SSSR count). The number of anilines is 1. The Bertz CT molecular complexity index is 708. The van der Waals surface area contributed by atoms with E-state index in [4.69, 9.17) is 0 Å². The summed E-state index contributed by atoms with van der Waals surface area (Å²) >= 11 is 0.402. The summed E-state index contributed by atoms with van der Waals surface area (Å²) in [5.74, 6) is -2.51. The summed E-state index contributed by atoms with van der Waals surface area (Å²) < 4.78 is 51.4. The predicted octanol–water partition coefficient (Wildman–Crippen LogP) is 3.14. The zero-order valence-electron chi connectivity index (χ0n) is 11.2. The van der Waals surface area contributed by atoms with Gasteiger partial charge in [0.1, 0.15) is 4.90 Å². The lowest BCUT2D eigenvalue weighted by Crippen LogP contribution is -2.14. The molecule has 1 aromatic heterocycles. The highest BCUT2D eigenvalue weighted by Crippen LogP contribution is 2.27. The van der Waals surface area contributed by atoms with Crippen LogP contribution < -0.4 is 4.72 Å². The van der Waals surface area contributed by atoms with Crippen LogP contribution in [0.25, 0.3) is 0 Å². The summed E-state index contributed by atoms with van der Waals surface area (Å²) in [4.78, 5) is 0.456. The fourth-order valence-electron chi connectivity index (χ4n) is 1.85. The van der Waals surface area contributed by atoms with E-state index in [0.29, 0.717) is 33.7 Å². The van der Waals surface area contributed by atoms with Crippen molar-refractivity contribution in [3.8, 4) is 0 Å². The van der Waals surface area contributed by atoms with Gasteiger partial charge in [-0.05, 0) is 38.1 Å². The molecule has 0 saturated carbocycles. The van der Waals surface area contributed by atoms with Gasteiger partial charge in [-0.1, -0.05) is 11.8 Å². The van der Waals surface area contributed by atoms with Crippen LogP contribution in [-0.4, -0.2) is 24.4 Å². The van der Waals surface area contributed by atoms with Crippen LogP contribution in [-0.2, 0) is 10.0 Å². The van der Waals surface area contributed by atoms with E-state index in [1.54, 1.807) is 13.8 Å². The topological polar surface area (TPSA) is 74.8 Å². The largest absolute Gasteiger partial charge is 0.288 e. The average Bonchev–Trinajstić information content (AvgIpc) is 2.71. The number of rotatable bonds is 5. The van der Waals surface area contributed by atoms with Gasteiger partial charge in [-0.15, -0.1) is 0 Å². The van der Waals surface area contributed by atoms with E-state index >= 15 is 0 Å². The van der Waals surface area contributed by atoms with Crippen LogP contribution in [0.15, 0.2) is 34.1 Å². The third kappa shape index (κ3) is 3.73. The number of aromatic nitrogens is 2. The first-order chi connectivity index (χ1) is 9.79. The number of aryl methyl sites for hydroxylation is 2. The Hall–Kier alpha value is -1.61. The molecule has 0 radical (unpaired) electrons. The van der Waals surface area contributed by atoms with Crippen molar-refractivity contribution in [3.63, 3.8) is 0 Å². The maximum atomic E-state index is 12.3. The summed E-state index contributed by atoms with van der Waals surface area (Å²) in [6.45, 7) is 3.19. The zero-order chi connectivity index (χ0) is 15.6. The standard InChI is InChI=1S/C12H13F2N3O2S2/c1-7-11(8(2)16-15-7)21(18,19)17-9-3-5-10(6-4-9)20-12(13)14/h3-6,12,17H,1-2H3,(H,15,16). The Morgan fingerprint density at radius 1 is 1.24 bits per heavy atom. The number of hydrogen-bond donors (Lipinski definition) is 2. The molecule has 0 bridgehead atoms. The molecular weight excluding hydrogens is 320 g/mol. The molecule has 0 amide bonds. The molecule has 0 fully saturated rings. The fourth-order valence-corrected chi connectivity index (χ4v) is 3.78. The Morgan fingerprint density at radius 3 is 2.33 bits per heavy atom. The molecule has 2 N–H and O–H groups in total. The third-order valence-corrected chi connectivity index (χ3v) is 5.03. The smallest absolute Gasteiger partial charge is 0.281 e. The number of sulfonamides is 1. The van der Waals surface area contributed by atoms with E-state index in [1.165, 1.54) is 24.3 Å². The number of alkyl halides is 2. The van der Waals surface area contributed by atoms with Gasteiger partial charge in [-0.25, -0.2) is 8.42 Å². The minimum absolute atomic E-state index is 0.0912. The number of hydrogen-bond acceptors (Lipinski definition) is 4. The van der Waals surface area contributed by atoms with Crippen molar-refractivity contribution in [2.24, 2.45) is 0 Å². The molecule has 114 valence electrons. The van der Waals surface area contributed by atoms with E-state index in [9.17, 15) is 17.2 Å². The molecular formula is C12H13F2N3O2S2. The predicted molar refractivity (Wildman–Crippen MR) is 77.2 cm³/mol. The SMILES string of the molecule is Cc1n[nH]c(C)c1S(=O)(=O)Nc1ccc(SC(F)F)cc1. The number of halogens is 2. The Balaban J connectivity index is 2.21. The molecule has 0 unspecified atom stereocenters. The molecule has 0 aliphatic rings. The number of H-pyrrole nitrogens is 1. The van der Waals surface area contributed by atoms with Crippen LogP contribution in [0.5, 0.6) is 0 Å². The lowest BCUT2D eigenvalue weighted by atomic mass is 10.3. The van der Waals surface area contributed by atoms with E-state index < -0.39 is 15.8 Å². The lowest BCUT2D eigenvalue weighted by molar-refractivity contribution is 0.252. The van der Waals surface area contributed by atoms with Gasteiger partial charge in [-0.2, -0.15) is 13.9 Å². The van der Waals surface area contributed by atoms with E-state index in [2.05, 4.69) is 14.9 Å². The number of nitrogens with one attached hydrogen (secondary N) is 2. The van der Waals surface area contributed by atoms with Crippen LogP contribution >= 0.6 is 11.8 Å². The Labute approximate surface area is 125 Å². The molecule has 2 aromatic rings.